The topological polar surface area (TPSA) is 3.24 Å². The lowest BCUT2D eigenvalue weighted by Crippen LogP contribution is -2.42. The summed E-state index contributed by atoms with van der Waals surface area (Å²) in [6, 6.07) is 14.9. The Morgan fingerprint density at radius 2 is 1.88 bits per heavy atom. The van der Waals surface area contributed by atoms with Crippen molar-refractivity contribution in [2.75, 3.05) is 17.2 Å². The van der Waals surface area contributed by atoms with Crippen molar-refractivity contribution >= 4 is 17.4 Å². The number of fused-ring (bicyclic) bond motifs is 2. The summed E-state index contributed by atoms with van der Waals surface area (Å²) in [5.74, 6) is 1.14. The summed E-state index contributed by atoms with van der Waals surface area (Å²) in [4.78, 5) is 4.17. The normalized spacial score (nSPS) is 20.8. The summed E-state index contributed by atoms with van der Waals surface area (Å²) in [5.41, 5.74) is 7.96. The molecule has 4 rings (SSSR count). The first-order valence-corrected chi connectivity index (χ1v) is 11.1. The molecule has 26 heavy (non-hydrogen) atoms. The van der Waals surface area contributed by atoms with E-state index in [2.05, 4.69) is 69.0 Å². The lowest BCUT2D eigenvalue weighted by molar-refractivity contribution is 0.332. The zero-order valence-corrected chi connectivity index (χ0v) is 17.5. The van der Waals surface area contributed by atoms with Crippen LogP contribution in [0.1, 0.15) is 62.4 Å². The molecule has 2 aromatic rings. The van der Waals surface area contributed by atoms with Gasteiger partial charge in [0.15, 0.2) is 0 Å². The Kier molecular flexibility index (Phi) is 4.81. The molecule has 0 N–H and O–H groups in total. The standard InChI is InChI=1S/C24H31NS/c1-5-17-7-8-19-15-24(3,4)16-25(23(19)13-17)22-12-10-18-9-11-20(26-6-2)14-21(18)22/h7-9,11,13-14,22H,5-6,10,12,15-16H2,1-4H3. The van der Waals surface area contributed by atoms with E-state index in [0.717, 1.165) is 18.7 Å². The summed E-state index contributed by atoms with van der Waals surface area (Å²) >= 11 is 1.96. The predicted molar refractivity (Wildman–Crippen MR) is 115 cm³/mol. The van der Waals surface area contributed by atoms with Crippen molar-refractivity contribution in [2.24, 2.45) is 5.41 Å². The first-order chi connectivity index (χ1) is 12.5. The van der Waals surface area contributed by atoms with E-state index in [4.69, 9.17) is 0 Å². The average molecular weight is 366 g/mol. The third-order valence-electron chi connectivity index (χ3n) is 5.99. The van der Waals surface area contributed by atoms with Crippen LogP contribution in [0.5, 0.6) is 0 Å². The zero-order chi connectivity index (χ0) is 18.3. The monoisotopic (exact) mass is 365 g/mol. The van der Waals surface area contributed by atoms with Gasteiger partial charge in [0, 0.05) is 17.1 Å². The van der Waals surface area contributed by atoms with Gasteiger partial charge in [-0.3, -0.25) is 0 Å². The molecule has 1 heterocycles. The van der Waals surface area contributed by atoms with Gasteiger partial charge in [-0.2, -0.15) is 0 Å². The molecule has 0 bridgehead atoms. The Morgan fingerprint density at radius 3 is 2.65 bits per heavy atom. The molecule has 0 radical (unpaired) electrons. The molecule has 1 aliphatic heterocycles. The van der Waals surface area contributed by atoms with Gasteiger partial charge < -0.3 is 4.90 Å². The summed E-state index contributed by atoms with van der Waals surface area (Å²) in [6.45, 7) is 10.5. The van der Waals surface area contributed by atoms with Gasteiger partial charge in [0.05, 0.1) is 6.04 Å². The van der Waals surface area contributed by atoms with Gasteiger partial charge in [-0.05, 0) is 77.3 Å². The Balaban J connectivity index is 1.76. The fraction of sp³-hybridized carbons (Fsp3) is 0.500. The van der Waals surface area contributed by atoms with Crippen LogP contribution in [0.15, 0.2) is 41.3 Å². The number of aryl methyl sites for hydroxylation is 2. The van der Waals surface area contributed by atoms with E-state index in [1.54, 1.807) is 11.1 Å². The SMILES string of the molecule is CCSc1ccc2c(c1)C(N1CC(C)(C)Cc3ccc(CC)cc31)CC2. The van der Waals surface area contributed by atoms with Crippen LogP contribution in [-0.2, 0) is 19.3 Å². The van der Waals surface area contributed by atoms with E-state index < -0.39 is 0 Å². The van der Waals surface area contributed by atoms with Crippen LogP contribution < -0.4 is 4.90 Å². The molecule has 138 valence electrons. The van der Waals surface area contributed by atoms with Gasteiger partial charge >= 0.3 is 0 Å². The number of anilines is 1. The molecule has 0 fully saturated rings. The number of benzene rings is 2. The lowest BCUT2D eigenvalue weighted by Gasteiger charge is -2.44. The van der Waals surface area contributed by atoms with Crippen molar-refractivity contribution in [3.05, 3.63) is 58.7 Å². The van der Waals surface area contributed by atoms with Crippen LogP contribution in [0, 0.1) is 5.41 Å². The highest BCUT2D eigenvalue weighted by molar-refractivity contribution is 7.99. The highest BCUT2D eigenvalue weighted by atomic mass is 32.2. The summed E-state index contributed by atoms with van der Waals surface area (Å²) in [7, 11) is 0. The zero-order valence-electron chi connectivity index (χ0n) is 16.6. The molecular weight excluding hydrogens is 334 g/mol. The van der Waals surface area contributed by atoms with Crippen molar-refractivity contribution in [2.45, 2.75) is 64.3 Å². The smallest absolute Gasteiger partial charge is 0.0549 e. The third-order valence-corrected chi connectivity index (χ3v) is 6.86. The molecule has 1 aliphatic carbocycles. The summed E-state index contributed by atoms with van der Waals surface area (Å²) in [5, 5.41) is 0. The van der Waals surface area contributed by atoms with Gasteiger partial charge in [0.2, 0.25) is 0 Å². The van der Waals surface area contributed by atoms with Crippen LogP contribution in [0.25, 0.3) is 0 Å². The summed E-state index contributed by atoms with van der Waals surface area (Å²) < 4.78 is 0. The molecule has 0 aromatic heterocycles. The van der Waals surface area contributed by atoms with Gasteiger partial charge in [0.1, 0.15) is 0 Å². The molecule has 0 saturated carbocycles. The Hall–Kier alpha value is -1.41. The molecule has 1 atom stereocenters. The second-order valence-electron chi connectivity index (χ2n) is 8.63. The molecule has 1 unspecified atom stereocenters. The molecule has 2 heteroatoms. The van der Waals surface area contributed by atoms with Gasteiger partial charge in [-0.25, -0.2) is 0 Å². The fourth-order valence-corrected chi connectivity index (χ4v) is 5.49. The molecule has 2 aromatic carbocycles. The first kappa shape index (κ1) is 18.0. The quantitative estimate of drug-likeness (QED) is 0.574. The van der Waals surface area contributed by atoms with E-state index in [1.807, 2.05) is 11.8 Å². The number of hydrogen-bond donors (Lipinski definition) is 0. The number of hydrogen-bond acceptors (Lipinski definition) is 2. The first-order valence-electron chi connectivity index (χ1n) is 10.1. The minimum Gasteiger partial charge on any atom is -0.364 e. The van der Waals surface area contributed by atoms with Gasteiger partial charge in [-0.1, -0.05) is 45.9 Å². The Morgan fingerprint density at radius 1 is 1.08 bits per heavy atom. The van der Waals surface area contributed by atoms with E-state index >= 15 is 0 Å². The molecule has 2 aliphatic rings. The van der Waals surface area contributed by atoms with Crippen molar-refractivity contribution in [1.29, 1.82) is 0 Å². The van der Waals surface area contributed by atoms with Crippen molar-refractivity contribution in [1.82, 2.24) is 0 Å². The second kappa shape index (κ2) is 6.96. The van der Waals surface area contributed by atoms with E-state index in [1.165, 1.54) is 41.0 Å². The Labute approximate surface area is 163 Å². The number of rotatable bonds is 4. The maximum absolute atomic E-state index is 2.74. The molecule has 0 amide bonds. The van der Waals surface area contributed by atoms with Crippen LogP contribution >= 0.6 is 11.8 Å². The molecule has 0 spiro atoms. The van der Waals surface area contributed by atoms with E-state index in [-0.39, 0.29) is 0 Å². The second-order valence-corrected chi connectivity index (χ2v) is 9.97. The highest BCUT2D eigenvalue weighted by Gasteiger charge is 2.37. The number of thioether (sulfide) groups is 1. The molecule has 0 saturated heterocycles. The number of nitrogens with zero attached hydrogens (tertiary/aromatic N) is 1. The van der Waals surface area contributed by atoms with E-state index in [0.29, 0.717) is 11.5 Å². The maximum Gasteiger partial charge on any atom is 0.0549 e. The third kappa shape index (κ3) is 3.29. The summed E-state index contributed by atoms with van der Waals surface area (Å²) in [6.07, 6.45) is 4.77. The van der Waals surface area contributed by atoms with Crippen LogP contribution in [-0.4, -0.2) is 12.3 Å². The fourth-order valence-electron chi connectivity index (χ4n) is 4.78. The minimum atomic E-state index is 0.333. The van der Waals surface area contributed by atoms with Crippen LogP contribution in [0.3, 0.4) is 0 Å². The predicted octanol–water partition coefficient (Wildman–Crippen LogP) is 6.44. The molecule has 1 nitrogen and oxygen atoms in total. The Bertz CT molecular complexity index is 808. The minimum absolute atomic E-state index is 0.333. The van der Waals surface area contributed by atoms with Crippen LogP contribution in [0.2, 0.25) is 0 Å². The molecular formula is C24H31NS. The highest BCUT2D eigenvalue weighted by Crippen LogP contribution is 2.46. The average Bonchev–Trinajstić information content (AvgIpc) is 3.03. The van der Waals surface area contributed by atoms with Crippen molar-refractivity contribution in [3.8, 4) is 0 Å². The van der Waals surface area contributed by atoms with Gasteiger partial charge in [-0.15, -0.1) is 11.8 Å². The maximum atomic E-state index is 2.74. The van der Waals surface area contributed by atoms with E-state index in [9.17, 15) is 0 Å². The lowest BCUT2D eigenvalue weighted by atomic mass is 9.79. The van der Waals surface area contributed by atoms with Crippen molar-refractivity contribution < 1.29 is 0 Å². The van der Waals surface area contributed by atoms with Crippen LogP contribution in [0.4, 0.5) is 5.69 Å². The van der Waals surface area contributed by atoms with Gasteiger partial charge in [0.25, 0.3) is 0 Å². The van der Waals surface area contributed by atoms with Crippen molar-refractivity contribution in [3.63, 3.8) is 0 Å². The largest absolute Gasteiger partial charge is 0.364 e.